The predicted molar refractivity (Wildman–Crippen MR) is 90.9 cm³/mol. The van der Waals surface area contributed by atoms with Crippen molar-refractivity contribution >= 4 is 17.2 Å². The van der Waals surface area contributed by atoms with Crippen molar-refractivity contribution in [1.82, 2.24) is 25.0 Å². The third-order valence-electron chi connectivity index (χ3n) is 5.24. The molecule has 6 nitrogen and oxygen atoms in total. The van der Waals surface area contributed by atoms with Gasteiger partial charge in [0.2, 0.25) is 0 Å². The van der Waals surface area contributed by atoms with Gasteiger partial charge < -0.3 is 14.8 Å². The van der Waals surface area contributed by atoms with Crippen LogP contribution in [0.2, 0.25) is 0 Å². The van der Waals surface area contributed by atoms with Gasteiger partial charge in [0.1, 0.15) is 5.82 Å². The lowest BCUT2D eigenvalue weighted by Crippen LogP contribution is -2.38. The van der Waals surface area contributed by atoms with Gasteiger partial charge >= 0.3 is 0 Å². The van der Waals surface area contributed by atoms with Gasteiger partial charge in [-0.25, -0.2) is 0 Å². The van der Waals surface area contributed by atoms with E-state index in [1.54, 1.807) is 11.3 Å². The number of hydrogen-bond acceptors (Lipinski definition) is 5. The van der Waals surface area contributed by atoms with E-state index in [2.05, 4.69) is 26.1 Å². The van der Waals surface area contributed by atoms with Gasteiger partial charge in [0.05, 0.1) is 11.4 Å². The highest BCUT2D eigenvalue weighted by molar-refractivity contribution is 7.14. The van der Waals surface area contributed by atoms with Crippen LogP contribution in [0, 0.1) is 5.92 Å². The first-order chi connectivity index (χ1) is 11.8. The highest BCUT2D eigenvalue weighted by Crippen LogP contribution is 2.33. The zero-order valence-corrected chi connectivity index (χ0v) is 14.4. The van der Waals surface area contributed by atoms with Crippen molar-refractivity contribution in [2.45, 2.75) is 45.3 Å². The van der Waals surface area contributed by atoms with Gasteiger partial charge in [0.15, 0.2) is 5.82 Å². The number of aromatic nitrogens is 3. The molecule has 0 radical (unpaired) electrons. The van der Waals surface area contributed by atoms with E-state index in [-0.39, 0.29) is 5.91 Å². The molecule has 2 aromatic rings. The molecule has 0 unspecified atom stereocenters. The fraction of sp³-hybridized carbons (Fsp3) is 0.588. The van der Waals surface area contributed by atoms with Crippen LogP contribution >= 0.6 is 11.3 Å². The third-order valence-corrected chi connectivity index (χ3v) is 6.46. The molecule has 3 aliphatic rings. The molecule has 0 saturated heterocycles. The molecule has 0 spiro atoms. The molecule has 24 heavy (non-hydrogen) atoms. The second-order valence-electron chi connectivity index (χ2n) is 7.04. The molecule has 1 fully saturated rings. The maximum Gasteiger partial charge on any atom is 0.264 e. The average Bonchev–Trinajstić information content (AvgIpc) is 3.18. The SMILES string of the molecule is O=C(c1cc2c(s1)CCNC2)N1CCn2c(CC3CC3)nnc2C1. The topological polar surface area (TPSA) is 63.1 Å². The quantitative estimate of drug-likeness (QED) is 0.919. The Morgan fingerprint density at radius 1 is 1.33 bits per heavy atom. The Hall–Kier alpha value is -1.73. The number of hydrogen-bond donors (Lipinski definition) is 1. The lowest BCUT2D eigenvalue weighted by molar-refractivity contribution is 0.0711. The van der Waals surface area contributed by atoms with E-state index in [1.165, 1.54) is 23.3 Å². The molecule has 2 aliphatic heterocycles. The van der Waals surface area contributed by atoms with Crippen LogP contribution in [0.4, 0.5) is 0 Å². The number of thiophene rings is 1. The summed E-state index contributed by atoms with van der Waals surface area (Å²) in [6.45, 7) is 4.05. The molecule has 2 aromatic heterocycles. The van der Waals surface area contributed by atoms with E-state index in [0.717, 1.165) is 61.5 Å². The molecule has 1 saturated carbocycles. The van der Waals surface area contributed by atoms with Crippen molar-refractivity contribution in [1.29, 1.82) is 0 Å². The molecule has 1 amide bonds. The zero-order chi connectivity index (χ0) is 16.1. The number of carbonyl (C=O) groups is 1. The van der Waals surface area contributed by atoms with Gasteiger partial charge in [0.25, 0.3) is 5.91 Å². The molecule has 5 rings (SSSR count). The van der Waals surface area contributed by atoms with Crippen LogP contribution in [0.3, 0.4) is 0 Å². The van der Waals surface area contributed by atoms with Gasteiger partial charge in [-0.3, -0.25) is 4.79 Å². The fourth-order valence-electron chi connectivity index (χ4n) is 3.64. The zero-order valence-electron chi connectivity index (χ0n) is 13.6. The predicted octanol–water partition coefficient (Wildman–Crippen LogP) is 1.59. The van der Waals surface area contributed by atoms with Crippen molar-refractivity contribution in [3.63, 3.8) is 0 Å². The largest absolute Gasteiger partial charge is 0.329 e. The number of rotatable bonds is 3. The van der Waals surface area contributed by atoms with E-state index in [0.29, 0.717) is 6.54 Å². The van der Waals surface area contributed by atoms with Gasteiger partial charge in [-0.2, -0.15) is 0 Å². The van der Waals surface area contributed by atoms with Gasteiger partial charge in [0, 0.05) is 37.5 Å². The first-order valence-corrected chi connectivity index (χ1v) is 9.62. The number of amides is 1. The minimum absolute atomic E-state index is 0.146. The van der Waals surface area contributed by atoms with E-state index >= 15 is 0 Å². The van der Waals surface area contributed by atoms with Crippen LogP contribution in [0.5, 0.6) is 0 Å². The summed E-state index contributed by atoms with van der Waals surface area (Å²) in [5, 5.41) is 12.1. The molecule has 4 heterocycles. The van der Waals surface area contributed by atoms with Crippen molar-refractivity contribution in [3.8, 4) is 0 Å². The Bertz CT molecular complexity index is 768. The summed E-state index contributed by atoms with van der Waals surface area (Å²) in [5.74, 6) is 3.00. The summed E-state index contributed by atoms with van der Waals surface area (Å²) in [7, 11) is 0. The summed E-state index contributed by atoms with van der Waals surface area (Å²) in [4.78, 5) is 17.0. The van der Waals surface area contributed by atoms with E-state index in [1.807, 2.05) is 4.90 Å². The summed E-state index contributed by atoms with van der Waals surface area (Å²) in [6.07, 6.45) is 4.73. The van der Waals surface area contributed by atoms with Crippen LogP contribution in [0.15, 0.2) is 6.07 Å². The number of fused-ring (bicyclic) bond motifs is 2. The minimum Gasteiger partial charge on any atom is -0.329 e. The first-order valence-electron chi connectivity index (χ1n) is 8.80. The van der Waals surface area contributed by atoms with Crippen LogP contribution in [0.1, 0.15) is 44.6 Å². The summed E-state index contributed by atoms with van der Waals surface area (Å²) in [6, 6.07) is 2.08. The van der Waals surface area contributed by atoms with Crippen molar-refractivity contribution in [2.24, 2.45) is 5.92 Å². The Kier molecular flexibility index (Phi) is 3.45. The van der Waals surface area contributed by atoms with Crippen LogP contribution < -0.4 is 5.32 Å². The van der Waals surface area contributed by atoms with Crippen molar-refractivity contribution in [3.05, 3.63) is 33.0 Å². The summed E-state index contributed by atoms with van der Waals surface area (Å²) < 4.78 is 2.23. The van der Waals surface area contributed by atoms with Gasteiger partial charge in [-0.15, -0.1) is 21.5 Å². The Morgan fingerprint density at radius 3 is 3.08 bits per heavy atom. The number of carbonyl (C=O) groups excluding carboxylic acids is 1. The van der Waals surface area contributed by atoms with E-state index in [9.17, 15) is 4.79 Å². The Labute approximate surface area is 144 Å². The van der Waals surface area contributed by atoms with Gasteiger partial charge in [-0.05, 0) is 36.8 Å². The maximum absolute atomic E-state index is 12.9. The second kappa shape index (κ2) is 5.67. The molecule has 0 atom stereocenters. The molecule has 1 aliphatic carbocycles. The molecular weight excluding hydrogens is 322 g/mol. The lowest BCUT2D eigenvalue weighted by atomic mass is 10.1. The summed E-state index contributed by atoms with van der Waals surface area (Å²) in [5.41, 5.74) is 1.29. The highest BCUT2D eigenvalue weighted by Gasteiger charge is 2.29. The molecule has 126 valence electrons. The molecule has 0 aromatic carbocycles. The standard InChI is InChI=1S/C17H21N5OS/c23-17(14-8-12-9-18-4-3-13(12)24-14)21-5-6-22-15(7-11-1-2-11)19-20-16(22)10-21/h8,11,18H,1-7,9-10H2. The molecule has 7 heteroatoms. The average molecular weight is 343 g/mol. The smallest absolute Gasteiger partial charge is 0.264 e. The van der Waals surface area contributed by atoms with E-state index in [4.69, 9.17) is 0 Å². The monoisotopic (exact) mass is 343 g/mol. The lowest BCUT2D eigenvalue weighted by Gasteiger charge is -2.27. The molecular formula is C17H21N5OS. The number of nitrogens with one attached hydrogen (secondary N) is 1. The third kappa shape index (κ3) is 2.56. The molecule has 0 bridgehead atoms. The summed E-state index contributed by atoms with van der Waals surface area (Å²) >= 11 is 1.67. The van der Waals surface area contributed by atoms with Crippen LogP contribution in [0.25, 0.3) is 0 Å². The molecule has 1 N–H and O–H groups in total. The minimum atomic E-state index is 0.146. The normalized spacial score (nSPS) is 19.9. The number of nitrogens with zero attached hydrogens (tertiary/aromatic N) is 4. The second-order valence-corrected chi connectivity index (χ2v) is 8.18. The Morgan fingerprint density at radius 2 is 2.25 bits per heavy atom. The highest BCUT2D eigenvalue weighted by atomic mass is 32.1. The van der Waals surface area contributed by atoms with Crippen LogP contribution in [-0.2, 0) is 32.5 Å². The fourth-order valence-corrected chi connectivity index (χ4v) is 4.79. The van der Waals surface area contributed by atoms with Crippen LogP contribution in [-0.4, -0.2) is 38.7 Å². The van der Waals surface area contributed by atoms with Crippen molar-refractivity contribution in [2.75, 3.05) is 13.1 Å². The first kappa shape index (κ1) is 14.6. The van der Waals surface area contributed by atoms with E-state index < -0.39 is 0 Å². The van der Waals surface area contributed by atoms with Gasteiger partial charge in [-0.1, -0.05) is 0 Å². The Balaban J connectivity index is 1.33. The maximum atomic E-state index is 12.9. The van der Waals surface area contributed by atoms with Crippen molar-refractivity contribution < 1.29 is 4.79 Å².